The molecule has 0 radical (unpaired) electrons. The maximum absolute atomic E-state index is 11.6. The highest BCUT2D eigenvalue weighted by Crippen LogP contribution is 2.33. The molecule has 35 heavy (non-hydrogen) atoms. The zero-order chi connectivity index (χ0) is 24.4. The number of benzene rings is 3. The van der Waals surface area contributed by atoms with Crippen molar-refractivity contribution in [3.63, 3.8) is 0 Å². The second-order valence-corrected chi connectivity index (χ2v) is 10.6. The van der Waals surface area contributed by atoms with Gasteiger partial charge < -0.3 is 9.47 Å². The van der Waals surface area contributed by atoms with Crippen LogP contribution in [0.2, 0.25) is 0 Å². The largest absolute Gasteiger partial charge is 0.456 e. The van der Waals surface area contributed by atoms with Gasteiger partial charge in [-0.3, -0.25) is 4.98 Å². The minimum absolute atomic E-state index is 0.192. The maximum atomic E-state index is 11.6. The van der Waals surface area contributed by atoms with Gasteiger partial charge in [0, 0.05) is 35.7 Å². The highest BCUT2D eigenvalue weighted by Gasteiger charge is 2.11. The molecule has 0 spiro atoms. The molecule has 0 saturated carbocycles. The number of fused-ring (bicyclic) bond motifs is 1. The van der Waals surface area contributed by atoms with Gasteiger partial charge >= 0.3 is 0 Å². The summed E-state index contributed by atoms with van der Waals surface area (Å²) in [4.78, 5) is 4.49. The highest BCUT2D eigenvalue weighted by molar-refractivity contribution is 7.90. The average Bonchev–Trinajstić information content (AvgIpc) is 3.33. The summed E-state index contributed by atoms with van der Waals surface area (Å²) >= 11 is 1.44. The summed E-state index contributed by atoms with van der Waals surface area (Å²) < 4.78 is 40.3. The van der Waals surface area contributed by atoms with E-state index in [4.69, 9.17) is 9.47 Å². The van der Waals surface area contributed by atoms with Crippen molar-refractivity contribution in [3.05, 3.63) is 90.9 Å². The van der Waals surface area contributed by atoms with Crippen molar-refractivity contribution in [2.24, 2.45) is 0 Å². The second kappa shape index (κ2) is 9.18. The molecule has 172 valence electrons. The summed E-state index contributed by atoms with van der Waals surface area (Å²) in [7, 11) is -3.30. The van der Waals surface area contributed by atoms with Crippen molar-refractivity contribution in [2.45, 2.75) is 4.90 Å². The quantitative estimate of drug-likeness (QED) is 0.273. The minimum atomic E-state index is -3.30. The van der Waals surface area contributed by atoms with Gasteiger partial charge in [0.1, 0.15) is 29.1 Å². The van der Waals surface area contributed by atoms with E-state index in [0.29, 0.717) is 23.0 Å². The fourth-order valence-electron chi connectivity index (χ4n) is 3.44. The molecule has 7 nitrogen and oxygen atoms in total. The molecule has 0 N–H and O–H groups in total. The molecule has 0 aliphatic carbocycles. The Kier molecular flexibility index (Phi) is 5.91. The molecule has 2 aromatic heterocycles. The lowest BCUT2D eigenvalue weighted by Crippen LogP contribution is -1.96. The number of nitrogens with zero attached hydrogens (tertiary/aromatic N) is 3. The van der Waals surface area contributed by atoms with Gasteiger partial charge in [-0.25, -0.2) is 8.42 Å². The van der Waals surface area contributed by atoms with Crippen molar-refractivity contribution >= 4 is 31.5 Å². The molecule has 0 atom stereocenters. The van der Waals surface area contributed by atoms with Gasteiger partial charge in [-0.15, -0.1) is 0 Å². The van der Waals surface area contributed by atoms with Crippen molar-refractivity contribution in [1.29, 1.82) is 5.26 Å². The van der Waals surface area contributed by atoms with Crippen LogP contribution in [0.15, 0.2) is 90.2 Å². The standard InChI is InChI=1S/C26H17N3O4S2/c1-35(30,31)24-7-4-21(5-8-24)33-25-9-6-22(10-19(25)13-27)32-23-11-20(14-28-16-23)17-2-3-18-15-29-34-26(18)12-17/h2-12,14-16H,1H3. The molecule has 0 aliphatic rings. The molecule has 0 bridgehead atoms. The van der Waals surface area contributed by atoms with Gasteiger partial charge in [-0.2, -0.15) is 9.64 Å². The summed E-state index contributed by atoms with van der Waals surface area (Å²) in [6, 6.07) is 21.0. The average molecular weight is 500 g/mol. The molecule has 0 aliphatic heterocycles. The minimum Gasteiger partial charge on any atom is -0.456 e. The third-order valence-electron chi connectivity index (χ3n) is 5.19. The molecule has 3 aromatic carbocycles. The zero-order valence-electron chi connectivity index (χ0n) is 18.4. The summed E-state index contributed by atoms with van der Waals surface area (Å²) in [5.74, 6) is 1.73. The van der Waals surface area contributed by atoms with Gasteiger partial charge in [0.05, 0.1) is 21.4 Å². The normalized spacial score (nSPS) is 11.2. The van der Waals surface area contributed by atoms with Crippen LogP contribution in [0.4, 0.5) is 0 Å². The number of rotatable bonds is 6. The van der Waals surface area contributed by atoms with Crippen molar-refractivity contribution in [1.82, 2.24) is 9.36 Å². The summed E-state index contributed by atoms with van der Waals surface area (Å²) in [5.41, 5.74) is 2.17. The molecule has 0 unspecified atom stereocenters. The van der Waals surface area contributed by atoms with E-state index in [2.05, 4.69) is 21.5 Å². The van der Waals surface area contributed by atoms with E-state index in [1.807, 2.05) is 24.4 Å². The Morgan fingerprint density at radius 2 is 1.63 bits per heavy atom. The maximum Gasteiger partial charge on any atom is 0.175 e. The van der Waals surface area contributed by atoms with E-state index in [1.165, 1.54) is 23.7 Å². The Hall–Kier alpha value is -4.26. The van der Waals surface area contributed by atoms with Crippen LogP contribution in [-0.2, 0) is 9.84 Å². The first-order valence-corrected chi connectivity index (χ1v) is 13.1. The first-order chi connectivity index (χ1) is 16.9. The van der Waals surface area contributed by atoms with Crippen LogP contribution >= 0.6 is 11.5 Å². The van der Waals surface area contributed by atoms with E-state index < -0.39 is 9.84 Å². The number of nitriles is 1. The van der Waals surface area contributed by atoms with Crippen LogP contribution < -0.4 is 9.47 Å². The Morgan fingerprint density at radius 3 is 2.40 bits per heavy atom. The van der Waals surface area contributed by atoms with E-state index in [1.54, 1.807) is 42.7 Å². The Bertz CT molecular complexity index is 1690. The first-order valence-electron chi connectivity index (χ1n) is 10.4. The molecular weight excluding hydrogens is 482 g/mol. The van der Waals surface area contributed by atoms with E-state index in [9.17, 15) is 13.7 Å². The fraction of sp³-hybridized carbons (Fsp3) is 0.0385. The smallest absolute Gasteiger partial charge is 0.175 e. The van der Waals surface area contributed by atoms with Gasteiger partial charge in [0.15, 0.2) is 9.84 Å². The van der Waals surface area contributed by atoms with E-state index in [0.717, 1.165) is 27.5 Å². The summed E-state index contributed by atoms with van der Waals surface area (Å²) in [5, 5.41) is 10.7. The Labute approximate surface area is 205 Å². The van der Waals surface area contributed by atoms with Crippen LogP contribution in [0.5, 0.6) is 23.0 Å². The number of ether oxygens (including phenoxy) is 2. The van der Waals surface area contributed by atoms with Crippen LogP contribution in [-0.4, -0.2) is 24.0 Å². The third kappa shape index (κ3) is 4.99. The predicted molar refractivity (Wildman–Crippen MR) is 134 cm³/mol. The van der Waals surface area contributed by atoms with Crippen LogP contribution in [0.1, 0.15) is 5.56 Å². The third-order valence-corrected chi connectivity index (χ3v) is 7.08. The second-order valence-electron chi connectivity index (χ2n) is 7.71. The van der Waals surface area contributed by atoms with Crippen LogP contribution in [0.3, 0.4) is 0 Å². The van der Waals surface area contributed by atoms with Crippen molar-refractivity contribution in [3.8, 4) is 40.2 Å². The zero-order valence-corrected chi connectivity index (χ0v) is 20.0. The van der Waals surface area contributed by atoms with Crippen molar-refractivity contribution in [2.75, 3.05) is 6.26 Å². The topological polar surface area (TPSA) is 102 Å². The molecular formula is C26H17N3O4S2. The number of hydrogen-bond acceptors (Lipinski definition) is 8. The molecule has 9 heteroatoms. The number of pyridine rings is 1. The first kappa shape index (κ1) is 22.5. The molecule has 0 fully saturated rings. The molecule has 2 heterocycles. The fourth-order valence-corrected chi connectivity index (χ4v) is 4.76. The van der Waals surface area contributed by atoms with Crippen molar-refractivity contribution < 1.29 is 17.9 Å². The number of aromatic nitrogens is 2. The number of sulfone groups is 1. The number of hydrogen-bond donors (Lipinski definition) is 0. The lowest BCUT2D eigenvalue weighted by atomic mass is 10.1. The molecule has 0 saturated heterocycles. The monoisotopic (exact) mass is 499 g/mol. The predicted octanol–water partition coefficient (Wildman–Crippen LogP) is 6.22. The van der Waals surface area contributed by atoms with Crippen LogP contribution in [0.25, 0.3) is 21.2 Å². The summed E-state index contributed by atoms with van der Waals surface area (Å²) in [6.45, 7) is 0. The van der Waals surface area contributed by atoms with Gasteiger partial charge in [0.2, 0.25) is 0 Å². The Balaban J connectivity index is 1.36. The van der Waals surface area contributed by atoms with Gasteiger partial charge in [0.25, 0.3) is 0 Å². The van der Waals surface area contributed by atoms with Gasteiger partial charge in [-0.05, 0) is 65.6 Å². The lowest BCUT2D eigenvalue weighted by molar-refractivity contribution is 0.467. The molecule has 5 rings (SSSR count). The van der Waals surface area contributed by atoms with Gasteiger partial charge in [-0.1, -0.05) is 12.1 Å². The summed E-state index contributed by atoms with van der Waals surface area (Å²) in [6.07, 6.45) is 6.35. The van der Waals surface area contributed by atoms with E-state index >= 15 is 0 Å². The Morgan fingerprint density at radius 1 is 0.829 bits per heavy atom. The molecule has 0 amide bonds. The molecule has 5 aromatic rings. The highest BCUT2D eigenvalue weighted by atomic mass is 32.2. The van der Waals surface area contributed by atoms with Crippen LogP contribution in [0, 0.1) is 11.3 Å². The lowest BCUT2D eigenvalue weighted by Gasteiger charge is -2.11. The SMILES string of the molecule is CS(=O)(=O)c1ccc(Oc2ccc(Oc3cncc(-c4ccc5cnsc5c4)c3)cc2C#N)cc1. The van der Waals surface area contributed by atoms with E-state index in [-0.39, 0.29) is 10.5 Å².